The summed E-state index contributed by atoms with van der Waals surface area (Å²) in [5, 5.41) is 7.94. The first-order chi connectivity index (χ1) is 16.3. The quantitative estimate of drug-likeness (QED) is 0.440. The minimum Gasteiger partial charge on any atom is -0.463 e. The number of pyridine rings is 1. The van der Waals surface area contributed by atoms with Crippen LogP contribution in [0.5, 0.6) is 0 Å². The van der Waals surface area contributed by atoms with Gasteiger partial charge in [-0.2, -0.15) is 9.40 Å². The van der Waals surface area contributed by atoms with E-state index in [0.717, 1.165) is 12.8 Å². The van der Waals surface area contributed by atoms with Gasteiger partial charge in [-0.15, -0.1) is 0 Å². The van der Waals surface area contributed by atoms with Crippen molar-refractivity contribution in [3.8, 4) is 11.5 Å². The molecule has 5 rings (SSSR count). The molecule has 1 aliphatic heterocycles. The summed E-state index contributed by atoms with van der Waals surface area (Å²) < 4.78 is 34.6. The minimum absolute atomic E-state index is 0.0254. The van der Waals surface area contributed by atoms with Crippen LogP contribution in [-0.2, 0) is 17.1 Å². The van der Waals surface area contributed by atoms with Crippen LogP contribution in [0.25, 0.3) is 22.5 Å². The van der Waals surface area contributed by atoms with Crippen molar-refractivity contribution >= 4 is 44.3 Å². The fourth-order valence-electron chi connectivity index (χ4n) is 4.22. The molecule has 3 aromatic heterocycles. The molecule has 0 aliphatic carbocycles. The van der Waals surface area contributed by atoms with E-state index in [2.05, 4.69) is 15.4 Å². The second-order valence-corrected chi connectivity index (χ2v) is 10.5. The molecule has 11 heteroatoms. The topological polar surface area (TPSA) is 110 Å². The Balaban J connectivity index is 1.55. The molecule has 4 heterocycles. The zero-order valence-electron chi connectivity index (χ0n) is 18.6. The molecule has 1 amide bonds. The number of nitrogens with zero attached hydrogens (tertiary/aromatic N) is 4. The molecule has 0 spiro atoms. The fraction of sp³-hybridized carbons (Fsp3) is 0.261. The molecule has 34 heavy (non-hydrogen) atoms. The summed E-state index contributed by atoms with van der Waals surface area (Å²) in [5.74, 6) is 0.0865. The number of anilines is 1. The Morgan fingerprint density at radius 2 is 1.94 bits per heavy atom. The highest BCUT2D eigenvalue weighted by Crippen LogP contribution is 2.31. The van der Waals surface area contributed by atoms with Gasteiger partial charge in [0.15, 0.2) is 11.4 Å². The van der Waals surface area contributed by atoms with Crippen molar-refractivity contribution in [1.82, 2.24) is 19.1 Å². The lowest BCUT2D eigenvalue weighted by Gasteiger charge is -2.17. The highest BCUT2D eigenvalue weighted by molar-refractivity contribution is 7.89. The number of sulfonamides is 1. The van der Waals surface area contributed by atoms with E-state index in [4.69, 9.17) is 16.0 Å². The van der Waals surface area contributed by atoms with Crippen LogP contribution < -0.4 is 5.32 Å². The van der Waals surface area contributed by atoms with Crippen molar-refractivity contribution in [3.63, 3.8) is 0 Å². The number of aryl methyl sites for hydroxylation is 2. The third kappa shape index (κ3) is 3.87. The summed E-state index contributed by atoms with van der Waals surface area (Å²) in [6.45, 7) is 2.72. The van der Waals surface area contributed by atoms with Crippen LogP contribution in [0.1, 0.15) is 28.9 Å². The number of fused-ring (bicyclic) bond motifs is 1. The lowest BCUT2D eigenvalue weighted by Crippen LogP contribution is -2.28. The second-order valence-electron chi connectivity index (χ2n) is 8.15. The number of aromatic nitrogens is 3. The summed E-state index contributed by atoms with van der Waals surface area (Å²) >= 11 is 6.24. The lowest BCUT2D eigenvalue weighted by molar-refractivity contribution is 0.102. The molecule has 1 N–H and O–H groups in total. The van der Waals surface area contributed by atoms with E-state index < -0.39 is 15.9 Å². The first-order valence-corrected chi connectivity index (χ1v) is 12.6. The van der Waals surface area contributed by atoms with Crippen molar-refractivity contribution in [3.05, 3.63) is 58.9 Å². The van der Waals surface area contributed by atoms with Crippen LogP contribution in [0.4, 0.5) is 5.69 Å². The number of nitrogens with one attached hydrogen (secondary N) is 1. The molecule has 1 saturated heterocycles. The summed E-state index contributed by atoms with van der Waals surface area (Å²) in [6.07, 6.45) is 3.16. The highest BCUT2D eigenvalue weighted by atomic mass is 35.5. The molecule has 0 atom stereocenters. The van der Waals surface area contributed by atoms with E-state index in [1.165, 1.54) is 22.7 Å². The minimum atomic E-state index is -3.75. The average molecular weight is 500 g/mol. The van der Waals surface area contributed by atoms with Crippen molar-refractivity contribution in [2.75, 3.05) is 18.4 Å². The Morgan fingerprint density at radius 3 is 2.65 bits per heavy atom. The average Bonchev–Trinajstić information content (AvgIpc) is 3.57. The van der Waals surface area contributed by atoms with Gasteiger partial charge in [0.1, 0.15) is 10.6 Å². The largest absolute Gasteiger partial charge is 0.463 e. The predicted molar refractivity (Wildman–Crippen MR) is 128 cm³/mol. The van der Waals surface area contributed by atoms with Gasteiger partial charge in [-0.3, -0.25) is 9.48 Å². The van der Waals surface area contributed by atoms with Crippen LogP contribution in [0.15, 0.2) is 52.0 Å². The van der Waals surface area contributed by atoms with Gasteiger partial charge in [-0.05, 0) is 56.2 Å². The molecular formula is C23H22ClN5O4S. The molecule has 1 fully saturated rings. The molecule has 0 radical (unpaired) electrons. The third-order valence-corrected chi connectivity index (χ3v) is 8.24. The summed E-state index contributed by atoms with van der Waals surface area (Å²) in [5.41, 5.74) is 2.33. The van der Waals surface area contributed by atoms with Crippen molar-refractivity contribution < 1.29 is 17.6 Å². The van der Waals surface area contributed by atoms with Gasteiger partial charge in [-0.1, -0.05) is 11.6 Å². The first-order valence-electron chi connectivity index (χ1n) is 10.7. The van der Waals surface area contributed by atoms with E-state index >= 15 is 0 Å². The van der Waals surface area contributed by atoms with Gasteiger partial charge in [0.2, 0.25) is 10.0 Å². The third-order valence-electron chi connectivity index (χ3n) is 5.86. The maximum atomic E-state index is 13.4. The van der Waals surface area contributed by atoms with Gasteiger partial charge in [0.05, 0.1) is 27.9 Å². The van der Waals surface area contributed by atoms with Crippen LogP contribution in [0, 0.1) is 6.92 Å². The molecule has 1 aliphatic rings. The number of furan rings is 1. The first kappa shape index (κ1) is 22.6. The number of halogens is 1. The van der Waals surface area contributed by atoms with E-state index in [9.17, 15) is 13.2 Å². The molecular weight excluding hydrogens is 478 g/mol. The van der Waals surface area contributed by atoms with E-state index in [1.807, 2.05) is 0 Å². The fourth-order valence-corrected chi connectivity index (χ4v) is 6.24. The van der Waals surface area contributed by atoms with Gasteiger partial charge in [0, 0.05) is 25.8 Å². The van der Waals surface area contributed by atoms with Gasteiger partial charge < -0.3 is 9.73 Å². The Morgan fingerprint density at radius 1 is 1.18 bits per heavy atom. The van der Waals surface area contributed by atoms with Crippen LogP contribution in [0.3, 0.4) is 0 Å². The van der Waals surface area contributed by atoms with Crippen molar-refractivity contribution in [1.29, 1.82) is 0 Å². The summed E-state index contributed by atoms with van der Waals surface area (Å²) in [7, 11) is -2.00. The maximum Gasteiger partial charge on any atom is 0.256 e. The van der Waals surface area contributed by atoms with E-state index in [0.29, 0.717) is 52.5 Å². The van der Waals surface area contributed by atoms with Crippen LogP contribution >= 0.6 is 11.6 Å². The maximum absolute atomic E-state index is 13.4. The molecule has 4 aromatic rings. The Kier molecular flexibility index (Phi) is 5.67. The zero-order valence-corrected chi connectivity index (χ0v) is 20.2. The molecule has 176 valence electrons. The normalized spacial score (nSPS) is 14.7. The van der Waals surface area contributed by atoms with Gasteiger partial charge >= 0.3 is 0 Å². The van der Waals surface area contributed by atoms with Crippen molar-refractivity contribution in [2.24, 2.45) is 7.05 Å². The number of hydrogen-bond donors (Lipinski definition) is 1. The Bertz CT molecular complexity index is 1510. The van der Waals surface area contributed by atoms with Gasteiger partial charge in [-0.25, -0.2) is 13.4 Å². The molecule has 0 saturated carbocycles. The predicted octanol–water partition coefficient (Wildman–Crippen LogP) is 4.23. The number of amides is 1. The van der Waals surface area contributed by atoms with E-state index in [1.54, 1.807) is 42.9 Å². The van der Waals surface area contributed by atoms with Gasteiger partial charge in [0.25, 0.3) is 5.91 Å². The number of carbonyl (C=O) groups excluding carboxylic acids is 1. The Labute approximate surface area is 201 Å². The highest BCUT2D eigenvalue weighted by Gasteiger charge is 2.29. The molecule has 0 unspecified atom stereocenters. The summed E-state index contributed by atoms with van der Waals surface area (Å²) in [6, 6.07) is 9.59. The van der Waals surface area contributed by atoms with Crippen molar-refractivity contribution in [2.45, 2.75) is 24.7 Å². The molecule has 0 bridgehead atoms. The molecule has 9 nitrogen and oxygen atoms in total. The van der Waals surface area contributed by atoms with Crippen LogP contribution in [0.2, 0.25) is 5.02 Å². The SMILES string of the molecule is Cc1nn(C)c2nc(-c3ccco3)cc(C(=O)Nc3ccc(Cl)c(S(=O)(=O)N4CCCC4)c3)c12. The van der Waals surface area contributed by atoms with E-state index in [-0.39, 0.29) is 9.92 Å². The monoisotopic (exact) mass is 499 g/mol. The summed E-state index contributed by atoms with van der Waals surface area (Å²) in [4.78, 5) is 18.0. The lowest BCUT2D eigenvalue weighted by atomic mass is 10.1. The second kappa shape index (κ2) is 8.53. The Hall–Kier alpha value is -3.21. The standard InChI is InChI=1S/C23H22ClN5O4S/c1-14-21-16(13-18(19-6-5-11-33-19)26-22(21)28(2)27-14)23(30)25-15-7-8-17(24)20(12-15)34(31,32)29-9-3-4-10-29/h5-8,11-13H,3-4,9-10H2,1-2H3,(H,25,30). The number of hydrogen-bond acceptors (Lipinski definition) is 6. The number of benzene rings is 1. The smallest absolute Gasteiger partial charge is 0.256 e. The molecule has 1 aromatic carbocycles. The zero-order chi connectivity index (χ0) is 24.0. The van der Waals surface area contributed by atoms with Crippen LogP contribution in [-0.4, -0.2) is 46.5 Å². The number of rotatable bonds is 5. The number of carbonyl (C=O) groups is 1.